The highest BCUT2D eigenvalue weighted by atomic mass is 32.3. The van der Waals surface area contributed by atoms with E-state index in [0.717, 1.165) is 64.2 Å². The second-order valence-electron chi connectivity index (χ2n) is 17.0. The van der Waals surface area contributed by atoms with Crippen LogP contribution >= 0.6 is 0 Å². The highest BCUT2D eigenvalue weighted by Crippen LogP contribution is 2.26. The summed E-state index contributed by atoms with van der Waals surface area (Å²) in [5.41, 5.74) is 0. The molecule has 13 heteroatoms. The van der Waals surface area contributed by atoms with Gasteiger partial charge in [0.15, 0.2) is 6.29 Å². The Kier molecular flexibility index (Phi) is 35.4. The molecule has 0 aromatic rings. The van der Waals surface area contributed by atoms with E-state index in [1.807, 2.05) is 0 Å². The van der Waals surface area contributed by atoms with E-state index in [4.69, 9.17) is 9.47 Å². The molecule has 350 valence electrons. The Labute approximate surface area is 360 Å². The van der Waals surface area contributed by atoms with Gasteiger partial charge in [-0.3, -0.25) is 9.35 Å². The van der Waals surface area contributed by atoms with Crippen molar-refractivity contribution in [2.45, 2.75) is 262 Å². The number of hydrogen-bond acceptors (Lipinski definition) is 10. The van der Waals surface area contributed by atoms with Crippen LogP contribution < -0.4 is 5.32 Å². The molecule has 12 nitrogen and oxygen atoms in total. The zero-order chi connectivity index (χ0) is 43.4. The fourth-order valence-electron chi connectivity index (χ4n) is 7.81. The molecule has 1 aliphatic rings. The van der Waals surface area contributed by atoms with Gasteiger partial charge in [0.2, 0.25) is 5.91 Å². The van der Waals surface area contributed by atoms with Gasteiger partial charge in [-0.2, -0.15) is 8.42 Å². The second-order valence-corrected chi connectivity index (χ2v) is 18.1. The first-order valence-electron chi connectivity index (χ1n) is 24.1. The predicted octanol–water partition coefficient (Wildman–Crippen LogP) is 9.55. The van der Waals surface area contributed by atoms with Crippen LogP contribution in [0.3, 0.4) is 0 Å². The predicted molar refractivity (Wildman–Crippen MR) is 236 cm³/mol. The first kappa shape index (κ1) is 55.9. The molecule has 0 saturated carbocycles. The average Bonchev–Trinajstić information content (AvgIpc) is 3.20. The summed E-state index contributed by atoms with van der Waals surface area (Å²) in [5, 5.41) is 44.8. The van der Waals surface area contributed by atoms with Crippen LogP contribution in [-0.4, -0.2) is 95.4 Å². The van der Waals surface area contributed by atoms with E-state index in [1.54, 1.807) is 0 Å². The van der Waals surface area contributed by atoms with Crippen LogP contribution in [0.5, 0.6) is 0 Å². The molecule has 1 amide bonds. The van der Waals surface area contributed by atoms with Crippen molar-refractivity contribution in [1.29, 1.82) is 0 Å². The zero-order valence-electron chi connectivity index (χ0n) is 37.3. The number of unbranched alkanes of at least 4 members (excludes halogenated alkanes) is 27. The number of ether oxygens (including phenoxy) is 2. The Morgan fingerprint density at radius 3 is 1.56 bits per heavy atom. The lowest BCUT2D eigenvalue weighted by Crippen LogP contribution is -2.61. The molecule has 6 N–H and O–H groups in total. The van der Waals surface area contributed by atoms with E-state index in [0.29, 0.717) is 12.8 Å². The fraction of sp³-hybridized carbons (Fsp3) is 0.935. The molecule has 0 bridgehead atoms. The quantitative estimate of drug-likeness (QED) is 0.0195. The number of carbonyl (C=O) groups excluding carboxylic acids is 1. The number of allylic oxidation sites excluding steroid dienone is 2. The summed E-state index contributed by atoms with van der Waals surface area (Å²) in [7, 11) is -5.07. The Morgan fingerprint density at radius 1 is 0.661 bits per heavy atom. The summed E-state index contributed by atoms with van der Waals surface area (Å²) in [5.74, 6) is -0.238. The Hall–Kier alpha value is -1.16. The molecule has 1 rings (SSSR count). The van der Waals surface area contributed by atoms with Crippen LogP contribution in [0, 0.1) is 0 Å². The third-order valence-corrected chi connectivity index (χ3v) is 12.0. The lowest BCUT2D eigenvalue weighted by Gasteiger charge is -2.41. The van der Waals surface area contributed by atoms with Gasteiger partial charge >= 0.3 is 10.4 Å². The van der Waals surface area contributed by atoms with Gasteiger partial charge < -0.3 is 35.2 Å². The maximum absolute atomic E-state index is 13.0. The van der Waals surface area contributed by atoms with Crippen molar-refractivity contribution < 1.29 is 51.8 Å². The van der Waals surface area contributed by atoms with Gasteiger partial charge in [-0.25, -0.2) is 4.18 Å². The highest BCUT2D eigenvalue weighted by molar-refractivity contribution is 7.80. The van der Waals surface area contributed by atoms with E-state index in [1.165, 1.54) is 122 Å². The molecular weight excluding hydrogens is 775 g/mol. The van der Waals surface area contributed by atoms with E-state index in [9.17, 15) is 38.2 Å². The minimum absolute atomic E-state index is 0.238. The van der Waals surface area contributed by atoms with Gasteiger partial charge in [-0.05, 0) is 38.5 Å². The molecule has 7 atom stereocenters. The molecule has 0 aromatic carbocycles. The zero-order valence-corrected chi connectivity index (χ0v) is 38.1. The molecule has 0 aromatic heterocycles. The van der Waals surface area contributed by atoms with Gasteiger partial charge in [0.25, 0.3) is 0 Å². The fourth-order valence-corrected chi connectivity index (χ4v) is 8.32. The first-order chi connectivity index (χ1) is 28.5. The molecule has 0 spiro atoms. The van der Waals surface area contributed by atoms with Crippen LogP contribution in [0.2, 0.25) is 0 Å². The number of carbonyl (C=O) groups is 1. The molecule has 0 radical (unpaired) electrons. The van der Waals surface area contributed by atoms with Crippen molar-refractivity contribution in [1.82, 2.24) is 5.32 Å². The van der Waals surface area contributed by atoms with Gasteiger partial charge in [0.1, 0.15) is 24.4 Å². The number of hydrogen-bond donors (Lipinski definition) is 6. The summed E-state index contributed by atoms with van der Waals surface area (Å²) in [6, 6.07) is -0.858. The first-order valence-corrected chi connectivity index (χ1v) is 25.4. The monoisotopic (exact) mass is 864 g/mol. The normalized spacial score (nSPS) is 21.0. The minimum atomic E-state index is -5.07. The van der Waals surface area contributed by atoms with Crippen molar-refractivity contribution in [2.24, 2.45) is 0 Å². The second kappa shape index (κ2) is 37.4. The third-order valence-electron chi connectivity index (χ3n) is 11.6. The molecule has 1 aliphatic heterocycles. The minimum Gasteiger partial charge on any atom is -0.394 e. The van der Waals surface area contributed by atoms with Crippen LogP contribution in [0.15, 0.2) is 12.2 Å². The highest BCUT2D eigenvalue weighted by Gasteiger charge is 2.48. The number of nitrogens with one attached hydrogen (secondary N) is 1. The molecule has 59 heavy (non-hydrogen) atoms. The van der Waals surface area contributed by atoms with Crippen molar-refractivity contribution in [3.05, 3.63) is 12.2 Å². The van der Waals surface area contributed by atoms with Crippen molar-refractivity contribution in [3.63, 3.8) is 0 Å². The lowest BCUT2D eigenvalue weighted by molar-refractivity contribution is -0.298. The third kappa shape index (κ3) is 30.5. The van der Waals surface area contributed by atoms with Crippen molar-refractivity contribution in [2.75, 3.05) is 13.2 Å². The summed E-state index contributed by atoms with van der Waals surface area (Å²) >= 11 is 0. The SMILES string of the molecule is CCCCC/C=C\CCCCCCCC(=O)NC(COC1OC(CO)C(O)C(OS(=O)(=O)O)C1O)C(O)CCCCCCCCCCCCCCCCCCCCCC. The number of aliphatic hydroxyl groups excluding tert-OH is 4. The molecule has 1 heterocycles. The van der Waals surface area contributed by atoms with E-state index in [-0.39, 0.29) is 18.9 Å². The van der Waals surface area contributed by atoms with Gasteiger partial charge in [-0.1, -0.05) is 187 Å². The smallest absolute Gasteiger partial charge is 0.394 e. The maximum Gasteiger partial charge on any atom is 0.397 e. The summed E-state index contributed by atoms with van der Waals surface area (Å²) in [4.78, 5) is 13.0. The van der Waals surface area contributed by atoms with Crippen molar-refractivity contribution >= 4 is 16.3 Å². The topological polar surface area (TPSA) is 192 Å². The average molecular weight is 864 g/mol. The Morgan fingerprint density at radius 2 is 1.08 bits per heavy atom. The number of amides is 1. The standard InChI is InChI=1S/C46H89NO11S/c1-3-5-7-9-11-13-15-17-18-19-20-21-22-23-24-25-27-29-31-33-35-40(49)39(47-42(50)36-34-32-30-28-26-16-14-12-10-8-6-4-2)38-56-46-44(52)45(58-59(53,54)55)43(51)41(37-48)57-46/h12,14,39-41,43-46,48-49,51-52H,3-11,13,15-38H2,1-2H3,(H,47,50)(H,53,54,55)/b14-12-. The number of aliphatic hydroxyl groups is 4. The lowest BCUT2D eigenvalue weighted by atomic mass is 9.99. The summed E-state index contributed by atoms with van der Waals surface area (Å²) in [6.07, 6.45) is 32.1. The van der Waals surface area contributed by atoms with E-state index < -0.39 is 59.9 Å². The van der Waals surface area contributed by atoms with Crippen LogP contribution in [0.4, 0.5) is 0 Å². The molecule has 7 unspecified atom stereocenters. The molecule has 0 aliphatic carbocycles. The van der Waals surface area contributed by atoms with Crippen molar-refractivity contribution in [3.8, 4) is 0 Å². The van der Waals surface area contributed by atoms with Gasteiger partial charge in [-0.15, -0.1) is 0 Å². The number of rotatable bonds is 41. The van der Waals surface area contributed by atoms with Crippen LogP contribution in [0.1, 0.15) is 219 Å². The van der Waals surface area contributed by atoms with Gasteiger partial charge in [0.05, 0.1) is 25.4 Å². The van der Waals surface area contributed by atoms with E-state index in [2.05, 4.69) is 35.5 Å². The van der Waals surface area contributed by atoms with Gasteiger partial charge in [0, 0.05) is 6.42 Å². The summed E-state index contributed by atoms with van der Waals surface area (Å²) < 4.78 is 47.6. The largest absolute Gasteiger partial charge is 0.397 e. The molecule has 1 saturated heterocycles. The summed E-state index contributed by atoms with van der Waals surface area (Å²) in [6.45, 7) is 3.42. The van der Waals surface area contributed by atoms with Crippen LogP contribution in [-0.2, 0) is 28.9 Å². The Balaban J connectivity index is 2.44. The van der Waals surface area contributed by atoms with Crippen LogP contribution in [0.25, 0.3) is 0 Å². The van der Waals surface area contributed by atoms with E-state index >= 15 is 0 Å². The Bertz CT molecular complexity index is 1110. The molecule has 1 fully saturated rings. The molecular formula is C46H89NO11S. The maximum atomic E-state index is 13.0.